The molecule has 0 unspecified atom stereocenters. The molecule has 6 heteroatoms. The predicted octanol–water partition coefficient (Wildman–Crippen LogP) is 3.88. The van der Waals surface area contributed by atoms with E-state index in [0.717, 1.165) is 33.9 Å². The number of aliphatic carboxylic acids is 1. The zero-order chi connectivity index (χ0) is 18.3. The maximum Gasteiger partial charge on any atom is 0.328 e. The van der Waals surface area contributed by atoms with Crippen LogP contribution in [-0.4, -0.2) is 25.0 Å². The Kier molecular flexibility index (Phi) is 3.80. The quantitative estimate of drug-likeness (QED) is 0.569. The molecule has 0 radical (unpaired) electrons. The number of hydrogen-bond acceptors (Lipinski definition) is 2. The minimum atomic E-state index is -1.07. The molecule has 26 heavy (non-hydrogen) atoms. The molecule has 0 saturated carbocycles. The lowest BCUT2D eigenvalue weighted by atomic mass is 10.1. The Morgan fingerprint density at radius 1 is 1.31 bits per heavy atom. The van der Waals surface area contributed by atoms with Gasteiger partial charge in [-0.3, -0.25) is 0 Å². The van der Waals surface area contributed by atoms with Crippen molar-refractivity contribution in [1.82, 2.24) is 14.0 Å². The molecule has 0 amide bonds. The Labute approximate surface area is 148 Å². The van der Waals surface area contributed by atoms with Gasteiger partial charge in [-0.25, -0.2) is 14.2 Å². The maximum atomic E-state index is 14.0. The van der Waals surface area contributed by atoms with Gasteiger partial charge in [-0.1, -0.05) is 6.07 Å². The van der Waals surface area contributed by atoms with Crippen molar-refractivity contribution in [3.63, 3.8) is 0 Å². The highest BCUT2D eigenvalue weighted by molar-refractivity contribution is 5.94. The summed E-state index contributed by atoms with van der Waals surface area (Å²) in [6, 6.07) is 8.62. The molecule has 4 rings (SSSR count). The van der Waals surface area contributed by atoms with E-state index in [1.807, 2.05) is 52.7 Å². The van der Waals surface area contributed by atoms with Gasteiger partial charge < -0.3 is 14.1 Å². The van der Waals surface area contributed by atoms with Crippen molar-refractivity contribution in [2.75, 3.05) is 0 Å². The van der Waals surface area contributed by atoms with Crippen LogP contribution in [0.4, 0.5) is 4.39 Å². The van der Waals surface area contributed by atoms with Crippen LogP contribution in [0.5, 0.6) is 0 Å². The first-order chi connectivity index (χ1) is 12.5. The van der Waals surface area contributed by atoms with Gasteiger partial charge in [0, 0.05) is 35.6 Å². The first-order valence-electron chi connectivity index (χ1n) is 8.14. The minimum Gasteiger partial charge on any atom is -0.478 e. The second kappa shape index (κ2) is 6.15. The number of hydrogen-bond donors (Lipinski definition) is 1. The fourth-order valence-corrected chi connectivity index (χ4v) is 3.26. The normalized spacial score (nSPS) is 11.8. The third kappa shape index (κ3) is 2.86. The van der Waals surface area contributed by atoms with Gasteiger partial charge in [-0.2, -0.15) is 0 Å². The number of benzene rings is 1. The molecule has 4 aromatic rings. The van der Waals surface area contributed by atoms with Crippen LogP contribution in [0.15, 0.2) is 55.0 Å². The van der Waals surface area contributed by atoms with E-state index < -0.39 is 11.8 Å². The zero-order valence-electron chi connectivity index (χ0n) is 14.1. The molecule has 3 heterocycles. The highest BCUT2D eigenvalue weighted by Crippen LogP contribution is 2.27. The molecule has 0 aliphatic heterocycles. The summed E-state index contributed by atoms with van der Waals surface area (Å²) in [6.45, 7) is 2.41. The standard InChI is InChI=1S/C20H16FN3O2/c1-13-10-24(12-16-11-23-7-3-2-4-18(23)22-16)20-14(5-6-19(25)26)8-15(21)9-17(13)20/h2-11H,12H2,1H3,(H,25,26). The molecule has 0 aliphatic carbocycles. The topological polar surface area (TPSA) is 59.5 Å². The number of imidazole rings is 1. The molecule has 0 aliphatic rings. The van der Waals surface area contributed by atoms with Crippen molar-refractivity contribution in [2.45, 2.75) is 13.5 Å². The summed E-state index contributed by atoms with van der Waals surface area (Å²) in [5.41, 5.74) is 3.96. The lowest BCUT2D eigenvalue weighted by Gasteiger charge is -2.06. The summed E-state index contributed by atoms with van der Waals surface area (Å²) in [5.74, 6) is -1.46. The van der Waals surface area contributed by atoms with Crippen LogP contribution in [-0.2, 0) is 11.3 Å². The lowest BCUT2D eigenvalue weighted by Crippen LogP contribution is -2.00. The summed E-state index contributed by atoms with van der Waals surface area (Å²) in [7, 11) is 0. The number of carboxylic acid groups (broad SMARTS) is 1. The van der Waals surface area contributed by atoms with Crippen molar-refractivity contribution < 1.29 is 14.3 Å². The van der Waals surface area contributed by atoms with E-state index in [1.165, 1.54) is 18.2 Å². The Bertz CT molecular complexity index is 1140. The average molecular weight is 349 g/mol. The second-order valence-electron chi connectivity index (χ2n) is 6.20. The summed E-state index contributed by atoms with van der Waals surface area (Å²) in [5, 5.41) is 9.67. The van der Waals surface area contributed by atoms with E-state index in [0.29, 0.717) is 12.1 Å². The first kappa shape index (κ1) is 16.1. The molecule has 0 atom stereocenters. The van der Waals surface area contributed by atoms with Gasteiger partial charge in [0.05, 0.1) is 17.8 Å². The number of carbonyl (C=O) groups is 1. The van der Waals surface area contributed by atoms with Gasteiger partial charge in [-0.15, -0.1) is 0 Å². The van der Waals surface area contributed by atoms with E-state index in [9.17, 15) is 9.18 Å². The largest absolute Gasteiger partial charge is 0.478 e. The number of halogens is 1. The summed E-state index contributed by atoms with van der Waals surface area (Å²) < 4.78 is 17.9. The van der Waals surface area contributed by atoms with Crippen LogP contribution in [0.1, 0.15) is 16.8 Å². The van der Waals surface area contributed by atoms with Gasteiger partial charge in [0.25, 0.3) is 0 Å². The zero-order valence-corrected chi connectivity index (χ0v) is 14.1. The van der Waals surface area contributed by atoms with Crippen molar-refractivity contribution in [2.24, 2.45) is 0 Å². The average Bonchev–Trinajstić information content (AvgIpc) is 3.13. The molecule has 0 fully saturated rings. The maximum absolute atomic E-state index is 14.0. The number of nitrogens with zero attached hydrogens (tertiary/aromatic N) is 3. The lowest BCUT2D eigenvalue weighted by molar-refractivity contribution is -0.131. The van der Waals surface area contributed by atoms with E-state index in [-0.39, 0.29) is 0 Å². The van der Waals surface area contributed by atoms with Crippen LogP contribution in [0.2, 0.25) is 0 Å². The monoisotopic (exact) mass is 349 g/mol. The summed E-state index contributed by atoms with van der Waals surface area (Å²) >= 11 is 0. The summed E-state index contributed by atoms with van der Waals surface area (Å²) in [6.07, 6.45) is 8.26. The first-order valence-corrected chi connectivity index (χ1v) is 8.14. The van der Waals surface area contributed by atoms with E-state index in [2.05, 4.69) is 4.98 Å². The van der Waals surface area contributed by atoms with Crippen LogP contribution < -0.4 is 0 Å². The van der Waals surface area contributed by atoms with Gasteiger partial charge in [0.1, 0.15) is 11.5 Å². The van der Waals surface area contributed by atoms with E-state index in [4.69, 9.17) is 5.11 Å². The molecule has 0 saturated heterocycles. The van der Waals surface area contributed by atoms with Crippen LogP contribution >= 0.6 is 0 Å². The third-order valence-electron chi connectivity index (χ3n) is 4.32. The molecule has 130 valence electrons. The second-order valence-corrected chi connectivity index (χ2v) is 6.20. The number of aromatic nitrogens is 3. The van der Waals surface area contributed by atoms with Gasteiger partial charge in [0.15, 0.2) is 0 Å². The Hall–Kier alpha value is -3.41. The molecule has 3 aromatic heterocycles. The van der Waals surface area contributed by atoms with Crippen molar-refractivity contribution in [1.29, 1.82) is 0 Å². The molecular weight excluding hydrogens is 333 g/mol. The fraction of sp³-hybridized carbons (Fsp3) is 0.100. The number of carboxylic acids is 1. The number of aryl methyl sites for hydroxylation is 1. The summed E-state index contributed by atoms with van der Waals surface area (Å²) in [4.78, 5) is 15.5. The smallest absolute Gasteiger partial charge is 0.328 e. The van der Waals surface area contributed by atoms with Crippen molar-refractivity contribution in [3.05, 3.63) is 77.6 Å². The molecule has 1 aromatic carbocycles. The van der Waals surface area contributed by atoms with Crippen LogP contribution in [0, 0.1) is 12.7 Å². The van der Waals surface area contributed by atoms with Gasteiger partial charge in [0.2, 0.25) is 0 Å². The Balaban J connectivity index is 1.85. The predicted molar refractivity (Wildman–Crippen MR) is 97.6 cm³/mol. The number of pyridine rings is 1. The molecular formula is C20H16FN3O2. The van der Waals surface area contributed by atoms with Gasteiger partial charge >= 0.3 is 5.97 Å². The molecule has 0 spiro atoms. The molecule has 1 N–H and O–H groups in total. The highest BCUT2D eigenvalue weighted by Gasteiger charge is 2.13. The van der Waals surface area contributed by atoms with Crippen LogP contribution in [0.25, 0.3) is 22.6 Å². The molecule has 5 nitrogen and oxygen atoms in total. The SMILES string of the molecule is Cc1cn(Cc2cn3ccccc3n2)c2c(C=CC(=O)O)cc(F)cc12. The fourth-order valence-electron chi connectivity index (χ4n) is 3.26. The number of fused-ring (bicyclic) bond motifs is 2. The Morgan fingerprint density at radius 3 is 2.92 bits per heavy atom. The highest BCUT2D eigenvalue weighted by atomic mass is 19.1. The molecule has 0 bridgehead atoms. The number of rotatable bonds is 4. The van der Waals surface area contributed by atoms with Gasteiger partial charge in [-0.05, 0) is 42.8 Å². The third-order valence-corrected chi connectivity index (χ3v) is 4.32. The minimum absolute atomic E-state index is 0.392. The Morgan fingerprint density at radius 2 is 2.15 bits per heavy atom. The van der Waals surface area contributed by atoms with E-state index in [1.54, 1.807) is 0 Å². The van der Waals surface area contributed by atoms with E-state index >= 15 is 0 Å². The van der Waals surface area contributed by atoms with Crippen molar-refractivity contribution in [3.8, 4) is 0 Å². The van der Waals surface area contributed by atoms with Crippen LogP contribution in [0.3, 0.4) is 0 Å². The van der Waals surface area contributed by atoms with Crippen molar-refractivity contribution >= 4 is 28.6 Å².